The van der Waals surface area contributed by atoms with Crippen LogP contribution >= 0.6 is 0 Å². The molecular formula is C21H26O4. The van der Waals surface area contributed by atoms with E-state index < -0.39 is 11.6 Å². The van der Waals surface area contributed by atoms with Gasteiger partial charge < -0.3 is 4.74 Å². The van der Waals surface area contributed by atoms with E-state index in [0.717, 1.165) is 16.7 Å². The van der Waals surface area contributed by atoms with E-state index in [1.165, 1.54) is 7.11 Å². The second-order valence-electron chi connectivity index (χ2n) is 7.57. The first kappa shape index (κ1) is 19.1. The van der Waals surface area contributed by atoms with Crippen molar-refractivity contribution in [3.05, 3.63) is 40.0 Å². The van der Waals surface area contributed by atoms with Gasteiger partial charge in [0.1, 0.15) is 0 Å². The minimum Gasteiger partial charge on any atom is -0.469 e. The highest BCUT2D eigenvalue weighted by atomic mass is 16.5. The Labute approximate surface area is 149 Å². The number of ether oxygens (including phenoxy) is 1. The molecule has 0 fully saturated rings. The number of esters is 1. The Morgan fingerprint density at radius 1 is 1.16 bits per heavy atom. The maximum absolute atomic E-state index is 12.7. The zero-order chi connectivity index (χ0) is 18.9. The molecule has 0 unspecified atom stereocenters. The van der Waals surface area contributed by atoms with Crippen molar-refractivity contribution in [1.82, 2.24) is 0 Å². The molecule has 0 saturated heterocycles. The highest BCUT2D eigenvalue weighted by Crippen LogP contribution is 2.36. The third-order valence-corrected chi connectivity index (χ3v) is 5.04. The zero-order valence-corrected chi connectivity index (χ0v) is 15.9. The number of hydrogen-bond acceptors (Lipinski definition) is 4. The minimum atomic E-state index is -0.427. The number of benzene rings is 1. The molecule has 0 heterocycles. The second kappa shape index (κ2) is 6.95. The highest BCUT2D eigenvalue weighted by molar-refractivity contribution is 6.52. The van der Waals surface area contributed by atoms with Crippen LogP contribution < -0.4 is 0 Å². The summed E-state index contributed by atoms with van der Waals surface area (Å²) in [7, 11) is 1.38. The van der Waals surface area contributed by atoms with E-state index in [1.54, 1.807) is 0 Å². The van der Waals surface area contributed by atoms with E-state index in [-0.39, 0.29) is 17.3 Å². The topological polar surface area (TPSA) is 60.4 Å². The minimum absolute atomic E-state index is 0.0149. The van der Waals surface area contributed by atoms with Crippen molar-refractivity contribution in [2.45, 2.75) is 52.9 Å². The van der Waals surface area contributed by atoms with Crippen molar-refractivity contribution in [3.8, 4) is 0 Å². The van der Waals surface area contributed by atoms with Gasteiger partial charge in [0.15, 0.2) is 0 Å². The van der Waals surface area contributed by atoms with Crippen molar-refractivity contribution in [1.29, 1.82) is 0 Å². The van der Waals surface area contributed by atoms with Crippen LogP contribution in [0, 0.1) is 12.8 Å². The van der Waals surface area contributed by atoms with Gasteiger partial charge in [-0.3, -0.25) is 14.4 Å². The van der Waals surface area contributed by atoms with Crippen LogP contribution in [0.1, 0.15) is 67.6 Å². The van der Waals surface area contributed by atoms with Gasteiger partial charge in [0, 0.05) is 17.6 Å². The number of carbonyl (C=O) groups excluding carboxylic acids is 3. The van der Waals surface area contributed by atoms with Gasteiger partial charge in [-0.1, -0.05) is 39.8 Å². The van der Waals surface area contributed by atoms with Crippen molar-refractivity contribution >= 4 is 23.6 Å². The fraction of sp³-hybridized carbons (Fsp3) is 0.476. The smallest absolute Gasteiger partial charge is 0.305 e. The second-order valence-corrected chi connectivity index (χ2v) is 7.57. The molecule has 0 radical (unpaired) electrons. The number of ketones is 2. The molecule has 2 rings (SSSR count). The molecule has 1 aliphatic rings. The Balaban J connectivity index is 2.49. The van der Waals surface area contributed by atoms with Gasteiger partial charge in [0.25, 0.3) is 0 Å². The molecule has 1 aromatic rings. The molecule has 0 amide bonds. The molecule has 4 nitrogen and oxygen atoms in total. The third kappa shape index (κ3) is 3.58. The van der Waals surface area contributed by atoms with Gasteiger partial charge in [-0.15, -0.1) is 0 Å². The van der Waals surface area contributed by atoms with Gasteiger partial charge in [-0.2, -0.15) is 0 Å². The van der Waals surface area contributed by atoms with E-state index in [0.29, 0.717) is 24.0 Å². The summed E-state index contributed by atoms with van der Waals surface area (Å²) in [5.41, 5.74) is 3.37. The number of Topliss-reactive ketones (excluding diaryl/α,β-unsaturated/α-hetero) is 2. The van der Waals surface area contributed by atoms with E-state index in [1.807, 2.05) is 52.8 Å². The fourth-order valence-electron chi connectivity index (χ4n) is 3.45. The Morgan fingerprint density at radius 3 is 2.36 bits per heavy atom. The first-order valence-corrected chi connectivity index (χ1v) is 8.61. The van der Waals surface area contributed by atoms with Crippen LogP contribution in [0.2, 0.25) is 0 Å². The summed E-state index contributed by atoms with van der Waals surface area (Å²) in [6.07, 6.45) is 2.75. The molecule has 0 bridgehead atoms. The van der Waals surface area contributed by atoms with E-state index in [2.05, 4.69) is 0 Å². The Morgan fingerprint density at radius 2 is 1.80 bits per heavy atom. The Hall–Kier alpha value is -2.23. The number of carbonyl (C=O) groups is 3. The van der Waals surface area contributed by atoms with Crippen LogP contribution in [0.5, 0.6) is 0 Å². The molecule has 0 N–H and O–H groups in total. The first-order chi connectivity index (χ1) is 11.6. The van der Waals surface area contributed by atoms with Crippen LogP contribution in [0.4, 0.5) is 0 Å². The number of allylic oxidation sites excluding steroid dienone is 1. The lowest BCUT2D eigenvalue weighted by atomic mass is 9.74. The largest absolute Gasteiger partial charge is 0.469 e. The van der Waals surface area contributed by atoms with Crippen LogP contribution in [0.3, 0.4) is 0 Å². The van der Waals surface area contributed by atoms with Crippen molar-refractivity contribution < 1.29 is 19.1 Å². The van der Waals surface area contributed by atoms with Crippen LogP contribution in [-0.2, 0) is 19.7 Å². The summed E-state index contributed by atoms with van der Waals surface area (Å²) in [4.78, 5) is 36.6. The zero-order valence-electron chi connectivity index (χ0n) is 15.9. The summed E-state index contributed by atoms with van der Waals surface area (Å²) in [6.45, 7) is 9.79. The summed E-state index contributed by atoms with van der Waals surface area (Å²) in [5, 5.41) is 0. The van der Waals surface area contributed by atoms with Crippen LogP contribution in [0.25, 0.3) is 6.08 Å². The normalized spacial score (nSPS) is 14.4. The van der Waals surface area contributed by atoms with E-state index in [9.17, 15) is 14.4 Å². The predicted molar refractivity (Wildman–Crippen MR) is 97.6 cm³/mol. The monoisotopic (exact) mass is 342 g/mol. The van der Waals surface area contributed by atoms with Crippen molar-refractivity contribution in [2.75, 3.05) is 7.11 Å². The van der Waals surface area contributed by atoms with Gasteiger partial charge in [0.2, 0.25) is 11.6 Å². The Kier molecular flexibility index (Phi) is 5.31. The van der Waals surface area contributed by atoms with Crippen molar-refractivity contribution in [2.24, 2.45) is 5.92 Å². The maximum atomic E-state index is 12.7. The summed E-state index contributed by atoms with van der Waals surface area (Å²) in [5.74, 6) is -1.07. The standard InChI is InChI=1S/C21H26O4/c1-12(2)15-11-14-7-8-16(13(3)18(14)20(24)19(15)23)21(4,5)10-9-17(22)25-6/h7-8,11-12H,9-10H2,1-6H3. The molecule has 0 atom stereocenters. The molecule has 0 spiro atoms. The predicted octanol–water partition coefficient (Wildman–Crippen LogP) is 4.03. The summed E-state index contributed by atoms with van der Waals surface area (Å²) in [6, 6.07) is 3.91. The van der Waals surface area contributed by atoms with Gasteiger partial charge in [-0.25, -0.2) is 0 Å². The maximum Gasteiger partial charge on any atom is 0.305 e. The van der Waals surface area contributed by atoms with Crippen LogP contribution in [-0.4, -0.2) is 24.6 Å². The summed E-state index contributed by atoms with van der Waals surface area (Å²) < 4.78 is 4.72. The third-order valence-electron chi connectivity index (χ3n) is 5.04. The first-order valence-electron chi connectivity index (χ1n) is 8.61. The number of fused-ring (bicyclic) bond motifs is 1. The van der Waals surface area contributed by atoms with E-state index in [4.69, 9.17) is 4.74 Å². The average molecular weight is 342 g/mol. The SMILES string of the molecule is COC(=O)CCC(C)(C)c1ccc2c(c1C)C(=O)C(=O)C(C(C)C)=C2. The molecule has 1 aliphatic carbocycles. The lowest BCUT2D eigenvalue weighted by Gasteiger charge is -2.29. The average Bonchev–Trinajstić information content (AvgIpc) is 2.55. The molecule has 1 aromatic carbocycles. The summed E-state index contributed by atoms with van der Waals surface area (Å²) >= 11 is 0. The quantitative estimate of drug-likeness (QED) is 0.599. The van der Waals surface area contributed by atoms with Crippen LogP contribution in [0.15, 0.2) is 17.7 Å². The van der Waals surface area contributed by atoms with E-state index >= 15 is 0 Å². The molecule has 0 saturated carbocycles. The Bertz CT molecular complexity index is 766. The number of rotatable bonds is 5. The number of methoxy groups -OCH3 is 1. The molecular weight excluding hydrogens is 316 g/mol. The van der Waals surface area contributed by atoms with Gasteiger partial charge in [0.05, 0.1) is 7.11 Å². The van der Waals surface area contributed by atoms with Gasteiger partial charge >= 0.3 is 5.97 Å². The molecule has 25 heavy (non-hydrogen) atoms. The molecule has 134 valence electrons. The van der Waals surface area contributed by atoms with Crippen molar-refractivity contribution in [3.63, 3.8) is 0 Å². The number of hydrogen-bond donors (Lipinski definition) is 0. The molecule has 0 aromatic heterocycles. The lowest BCUT2D eigenvalue weighted by Crippen LogP contribution is -2.27. The fourth-order valence-corrected chi connectivity index (χ4v) is 3.45. The molecule has 0 aliphatic heterocycles. The molecule has 4 heteroatoms. The van der Waals surface area contributed by atoms with Gasteiger partial charge in [-0.05, 0) is 47.4 Å². The highest BCUT2D eigenvalue weighted by Gasteiger charge is 2.33. The lowest BCUT2D eigenvalue weighted by molar-refractivity contribution is -0.141.